The van der Waals surface area contributed by atoms with Crippen LogP contribution in [-0.4, -0.2) is 29.5 Å². The van der Waals surface area contributed by atoms with Crippen molar-refractivity contribution >= 4 is 0 Å². The van der Waals surface area contributed by atoms with E-state index in [1.165, 1.54) is 0 Å². The molecule has 2 aliphatic carbocycles. The average molecular weight is 213 g/mol. The van der Waals surface area contributed by atoms with Crippen molar-refractivity contribution in [3.05, 3.63) is 0 Å². The lowest BCUT2D eigenvalue weighted by Gasteiger charge is -2.30. The van der Waals surface area contributed by atoms with E-state index >= 15 is 0 Å². The summed E-state index contributed by atoms with van der Waals surface area (Å²) < 4.78 is 5.79. The van der Waals surface area contributed by atoms with Gasteiger partial charge in [0.05, 0.1) is 18.3 Å². The highest BCUT2D eigenvalue weighted by Crippen LogP contribution is 2.39. The molecule has 0 saturated heterocycles. The van der Waals surface area contributed by atoms with Gasteiger partial charge in [-0.2, -0.15) is 0 Å². The quantitative estimate of drug-likeness (QED) is 0.743. The van der Waals surface area contributed by atoms with E-state index in [0.717, 1.165) is 38.5 Å². The van der Waals surface area contributed by atoms with E-state index in [2.05, 4.69) is 0 Å². The van der Waals surface area contributed by atoms with Crippen LogP contribution in [0.1, 0.15) is 45.4 Å². The van der Waals surface area contributed by atoms with Crippen molar-refractivity contribution in [1.82, 2.24) is 0 Å². The van der Waals surface area contributed by atoms with Crippen molar-refractivity contribution < 1.29 is 9.84 Å². The zero-order chi connectivity index (χ0) is 10.9. The van der Waals surface area contributed by atoms with E-state index in [1.807, 2.05) is 6.92 Å². The maximum absolute atomic E-state index is 10.1. The van der Waals surface area contributed by atoms with Crippen LogP contribution in [0.5, 0.6) is 0 Å². The Morgan fingerprint density at radius 1 is 1.20 bits per heavy atom. The normalized spacial score (nSPS) is 36.2. The summed E-state index contributed by atoms with van der Waals surface area (Å²) in [5.41, 5.74) is 5.23. The smallest absolute Gasteiger partial charge is 0.0880 e. The first-order chi connectivity index (χ1) is 7.08. The zero-order valence-corrected chi connectivity index (χ0v) is 9.61. The summed E-state index contributed by atoms with van der Waals surface area (Å²) in [5.74, 6) is 0.475. The molecule has 2 rings (SSSR count). The van der Waals surface area contributed by atoms with Gasteiger partial charge in [0, 0.05) is 6.04 Å². The van der Waals surface area contributed by atoms with Crippen LogP contribution in [0.15, 0.2) is 0 Å². The van der Waals surface area contributed by atoms with E-state index in [4.69, 9.17) is 10.5 Å². The van der Waals surface area contributed by atoms with Crippen molar-refractivity contribution in [2.75, 3.05) is 6.61 Å². The Labute approximate surface area is 92.0 Å². The maximum Gasteiger partial charge on any atom is 0.0880 e. The fourth-order valence-corrected chi connectivity index (χ4v) is 2.36. The van der Waals surface area contributed by atoms with Crippen LogP contribution in [0, 0.1) is 5.92 Å². The van der Waals surface area contributed by atoms with Gasteiger partial charge in [0.25, 0.3) is 0 Å². The van der Waals surface area contributed by atoms with Crippen molar-refractivity contribution in [3.8, 4) is 0 Å². The second-order valence-electron chi connectivity index (χ2n) is 5.48. The first-order valence-electron chi connectivity index (χ1n) is 6.17. The van der Waals surface area contributed by atoms with Gasteiger partial charge in [-0.3, -0.25) is 0 Å². The van der Waals surface area contributed by atoms with E-state index in [9.17, 15) is 5.11 Å². The van der Waals surface area contributed by atoms with Crippen LogP contribution in [0.3, 0.4) is 0 Å². The molecule has 0 aromatic carbocycles. The van der Waals surface area contributed by atoms with Crippen LogP contribution in [0.4, 0.5) is 0 Å². The summed E-state index contributed by atoms with van der Waals surface area (Å²) in [6.45, 7) is 2.40. The summed E-state index contributed by atoms with van der Waals surface area (Å²) >= 11 is 0. The number of hydrogen-bond acceptors (Lipinski definition) is 3. The number of rotatable bonds is 4. The van der Waals surface area contributed by atoms with E-state index in [0.29, 0.717) is 24.7 Å². The molecule has 0 spiro atoms. The van der Waals surface area contributed by atoms with Gasteiger partial charge in [0.15, 0.2) is 0 Å². The number of aliphatic hydroxyl groups is 1. The highest BCUT2D eigenvalue weighted by molar-refractivity contribution is 4.91. The first kappa shape index (κ1) is 11.4. The molecule has 3 heteroatoms. The largest absolute Gasteiger partial charge is 0.387 e. The molecule has 2 saturated carbocycles. The lowest BCUT2D eigenvalue weighted by Crippen LogP contribution is -2.37. The molecule has 1 unspecified atom stereocenters. The minimum Gasteiger partial charge on any atom is -0.387 e. The molecule has 3 N–H and O–H groups in total. The molecule has 2 aliphatic rings. The Hall–Kier alpha value is -0.120. The Balaban J connectivity index is 1.69. The summed E-state index contributed by atoms with van der Waals surface area (Å²) in [4.78, 5) is 0. The molecule has 0 heterocycles. The molecule has 2 fully saturated rings. The molecular formula is C12H23NO2. The lowest BCUT2D eigenvalue weighted by atomic mass is 9.93. The van der Waals surface area contributed by atoms with E-state index < -0.39 is 5.60 Å². The summed E-state index contributed by atoms with van der Waals surface area (Å²) in [7, 11) is 0. The van der Waals surface area contributed by atoms with Gasteiger partial charge in [-0.1, -0.05) is 0 Å². The zero-order valence-electron chi connectivity index (χ0n) is 9.61. The second kappa shape index (κ2) is 4.40. The fourth-order valence-electron chi connectivity index (χ4n) is 2.36. The van der Waals surface area contributed by atoms with Gasteiger partial charge < -0.3 is 15.6 Å². The SMILES string of the molecule is CC(O)(CO[C@H]1CC[C@H](N)CC1)C1CC1. The molecule has 3 nitrogen and oxygen atoms in total. The third kappa shape index (κ3) is 3.16. The summed E-state index contributed by atoms with van der Waals surface area (Å²) in [6.07, 6.45) is 6.89. The van der Waals surface area contributed by atoms with Crippen LogP contribution in [-0.2, 0) is 4.74 Å². The third-order valence-electron chi connectivity index (χ3n) is 3.79. The average Bonchev–Trinajstić information content (AvgIpc) is 3.00. The Bertz CT molecular complexity index is 206. The standard InChI is InChI=1S/C12H23NO2/c1-12(14,9-2-3-9)8-15-11-6-4-10(13)5-7-11/h9-11,14H,2-8,13H2,1H3/t10-,11-,12?. The van der Waals surface area contributed by atoms with Crippen LogP contribution >= 0.6 is 0 Å². The van der Waals surface area contributed by atoms with E-state index in [-0.39, 0.29) is 0 Å². The third-order valence-corrected chi connectivity index (χ3v) is 3.79. The highest BCUT2D eigenvalue weighted by atomic mass is 16.5. The van der Waals surface area contributed by atoms with Crippen LogP contribution in [0.25, 0.3) is 0 Å². The molecule has 0 bridgehead atoms. The Morgan fingerprint density at radius 3 is 2.33 bits per heavy atom. The molecule has 0 aliphatic heterocycles. The molecule has 0 radical (unpaired) electrons. The van der Waals surface area contributed by atoms with Gasteiger partial charge in [-0.15, -0.1) is 0 Å². The molecular weight excluding hydrogens is 190 g/mol. The van der Waals surface area contributed by atoms with Crippen molar-refractivity contribution in [3.63, 3.8) is 0 Å². The lowest BCUT2D eigenvalue weighted by molar-refractivity contribution is -0.0830. The van der Waals surface area contributed by atoms with Crippen molar-refractivity contribution in [1.29, 1.82) is 0 Å². The van der Waals surface area contributed by atoms with Gasteiger partial charge in [0.1, 0.15) is 0 Å². The molecule has 0 amide bonds. The fraction of sp³-hybridized carbons (Fsp3) is 1.00. The minimum absolute atomic E-state index is 0.329. The van der Waals surface area contributed by atoms with Crippen molar-refractivity contribution in [2.24, 2.45) is 11.7 Å². The molecule has 0 aromatic heterocycles. The first-order valence-corrected chi connectivity index (χ1v) is 6.17. The van der Waals surface area contributed by atoms with Gasteiger partial charge in [-0.05, 0) is 51.4 Å². The predicted octanol–water partition coefficient (Wildman–Crippen LogP) is 1.43. The molecule has 88 valence electrons. The second-order valence-corrected chi connectivity index (χ2v) is 5.48. The van der Waals surface area contributed by atoms with E-state index in [1.54, 1.807) is 0 Å². The molecule has 1 atom stereocenters. The van der Waals surface area contributed by atoms with Gasteiger partial charge in [0.2, 0.25) is 0 Å². The molecule has 15 heavy (non-hydrogen) atoms. The predicted molar refractivity (Wildman–Crippen MR) is 59.5 cm³/mol. The maximum atomic E-state index is 10.1. The summed E-state index contributed by atoms with van der Waals surface area (Å²) in [5, 5.41) is 10.1. The topological polar surface area (TPSA) is 55.5 Å². The molecule has 0 aromatic rings. The number of ether oxygens (including phenoxy) is 1. The summed E-state index contributed by atoms with van der Waals surface area (Å²) in [6, 6.07) is 0.369. The van der Waals surface area contributed by atoms with Gasteiger partial charge >= 0.3 is 0 Å². The van der Waals surface area contributed by atoms with Crippen molar-refractivity contribution in [2.45, 2.75) is 63.2 Å². The van der Waals surface area contributed by atoms with Crippen LogP contribution < -0.4 is 5.73 Å². The minimum atomic E-state index is -0.598. The Morgan fingerprint density at radius 2 is 1.80 bits per heavy atom. The monoisotopic (exact) mass is 213 g/mol. The highest BCUT2D eigenvalue weighted by Gasteiger charge is 2.40. The Kier molecular flexibility index (Phi) is 3.33. The van der Waals surface area contributed by atoms with Crippen LogP contribution in [0.2, 0.25) is 0 Å². The number of hydrogen-bond donors (Lipinski definition) is 2. The number of nitrogens with two attached hydrogens (primary N) is 1. The van der Waals surface area contributed by atoms with Gasteiger partial charge in [-0.25, -0.2) is 0 Å².